The Hall–Kier alpha value is -0.990. The minimum atomic E-state index is -0.0159. The van der Waals surface area contributed by atoms with Crippen molar-refractivity contribution in [2.24, 2.45) is 0 Å². The Balaban J connectivity index is 3.91. The van der Waals surface area contributed by atoms with Crippen LogP contribution in [0.5, 0.6) is 0 Å². The van der Waals surface area contributed by atoms with Gasteiger partial charge in [-0.15, -0.1) is 0 Å². The minimum absolute atomic E-state index is 0.0159. The van der Waals surface area contributed by atoms with Crippen LogP contribution in [-0.2, 0) is 9.53 Å². The molecule has 0 spiro atoms. The maximum Gasteiger partial charge on any atom is 0.189 e. The summed E-state index contributed by atoms with van der Waals surface area (Å²) in [4.78, 5) is 10.5. The fraction of sp³-hybridized carbons (Fsp3) is 0.571. The van der Waals surface area contributed by atoms with E-state index >= 15 is 0 Å². The molecule has 0 radical (unpaired) electrons. The Morgan fingerprint density at radius 3 is 2.60 bits per heavy atom. The average molecular weight is 143 g/mol. The van der Waals surface area contributed by atoms with Crippen molar-refractivity contribution in [3.63, 3.8) is 0 Å². The van der Waals surface area contributed by atoms with Crippen LogP contribution in [0.3, 0.4) is 0 Å². The summed E-state index contributed by atoms with van der Waals surface area (Å²) in [6.07, 6.45) is 1.42. The molecule has 0 saturated carbocycles. The van der Waals surface area contributed by atoms with Crippen molar-refractivity contribution >= 4 is 5.78 Å². The zero-order valence-corrected chi connectivity index (χ0v) is 6.60. The molecule has 1 N–H and O–H groups in total. The van der Waals surface area contributed by atoms with Gasteiger partial charge in [0, 0.05) is 13.1 Å². The number of hydrogen-bond donors (Lipinski definition) is 1. The third-order valence-electron chi connectivity index (χ3n) is 0.881. The summed E-state index contributed by atoms with van der Waals surface area (Å²) in [6.45, 7) is 3.92. The van der Waals surface area contributed by atoms with E-state index in [1.54, 1.807) is 7.05 Å². The van der Waals surface area contributed by atoms with E-state index in [9.17, 15) is 4.79 Å². The van der Waals surface area contributed by atoms with E-state index in [1.165, 1.54) is 13.0 Å². The quantitative estimate of drug-likeness (QED) is 0.464. The summed E-state index contributed by atoms with van der Waals surface area (Å²) in [5.41, 5.74) is 0. The van der Waals surface area contributed by atoms with Crippen molar-refractivity contribution in [3.05, 3.63) is 12.0 Å². The van der Waals surface area contributed by atoms with Crippen LogP contribution in [0, 0.1) is 0 Å². The van der Waals surface area contributed by atoms with Gasteiger partial charge in [-0.1, -0.05) is 0 Å². The molecule has 0 aromatic heterocycles. The predicted molar refractivity (Wildman–Crippen MR) is 39.4 cm³/mol. The molecular formula is C7H13NO2. The van der Waals surface area contributed by atoms with E-state index in [0.29, 0.717) is 12.5 Å². The lowest BCUT2D eigenvalue weighted by Gasteiger charge is -2.05. The van der Waals surface area contributed by atoms with Crippen LogP contribution in [0.4, 0.5) is 0 Å². The second kappa shape index (κ2) is 4.85. The van der Waals surface area contributed by atoms with Gasteiger partial charge in [0.05, 0.1) is 6.61 Å². The van der Waals surface area contributed by atoms with Gasteiger partial charge in [0.1, 0.15) is 0 Å². The number of hydrogen-bond acceptors (Lipinski definition) is 3. The van der Waals surface area contributed by atoms with Crippen LogP contribution in [0.25, 0.3) is 0 Å². The summed E-state index contributed by atoms with van der Waals surface area (Å²) >= 11 is 0. The molecule has 0 aliphatic heterocycles. The number of ether oxygens (including phenoxy) is 1. The van der Waals surface area contributed by atoms with E-state index < -0.39 is 0 Å². The van der Waals surface area contributed by atoms with Gasteiger partial charge in [-0.05, 0) is 13.8 Å². The molecule has 0 aliphatic carbocycles. The predicted octanol–water partition coefficient (Wildman–Crippen LogP) is 0.673. The monoisotopic (exact) mass is 143 g/mol. The van der Waals surface area contributed by atoms with E-state index in [1.807, 2.05) is 6.92 Å². The summed E-state index contributed by atoms with van der Waals surface area (Å²) in [5, 5.41) is 2.75. The molecule has 0 heterocycles. The first-order valence-corrected chi connectivity index (χ1v) is 3.23. The Morgan fingerprint density at radius 1 is 1.70 bits per heavy atom. The van der Waals surface area contributed by atoms with Crippen LogP contribution in [0.1, 0.15) is 13.8 Å². The van der Waals surface area contributed by atoms with Crippen LogP contribution in [-0.4, -0.2) is 19.4 Å². The summed E-state index contributed by atoms with van der Waals surface area (Å²) in [6, 6.07) is 0. The van der Waals surface area contributed by atoms with Crippen molar-refractivity contribution < 1.29 is 9.53 Å². The first-order valence-electron chi connectivity index (χ1n) is 3.23. The minimum Gasteiger partial charge on any atom is -0.479 e. The second-order valence-corrected chi connectivity index (χ2v) is 1.80. The van der Waals surface area contributed by atoms with Crippen molar-refractivity contribution in [2.75, 3.05) is 13.7 Å². The molecule has 10 heavy (non-hydrogen) atoms. The van der Waals surface area contributed by atoms with Crippen molar-refractivity contribution in [1.82, 2.24) is 5.32 Å². The van der Waals surface area contributed by atoms with Gasteiger partial charge >= 0.3 is 0 Å². The van der Waals surface area contributed by atoms with Gasteiger partial charge in [0.15, 0.2) is 11.7 Å². The number of ketones is 1. The van der Waals surface area contributed by atoms with E-state index in [4.69, 9.17) is 4.74 Å². The van der Waals surface area contributed by atoms with E-state index in [0.717, 1.165) is 0 Å². The van der Waals surface area contributed by atoms with Gasteiger partial charge in [-0.2, -0.15) is 0 Å². The number of nitrogens with one attached hydrogen (secondary N) is 1. The average Bonchev–Trinajstić information content (AvgIpc) is 1.86. The topological polar surface area (TPSA) is 38.3 Å². The molecule has 0 saturated heterocycles. The molecule has 0 aromatic carbocycles. The van der Waals surface area contributed by atoms with Gasteiger partial charge < -0.3 is 10.1 Å². The molecule has 0 aliphatic rings. The van der Waals surface area contributed by atoms with Crippen LogP contribution in [0.2, 0.25) is 0 Å². The molecular weight excluding hydrogens is 130 g/mol. The second-order valence-electron chi connectivity index (χ2n) is 1.80. The third-order valence-corrected chi connectivity index (χ3v) is 0.881. The van der Waals surface area contributed by atoms with Crippen LogP contribution < -0.4 is 5.32 Å². The van der Waals surface area contributed by atoms with Crippen molar-refractivity contribution in [3.8, 4) is 0 Å². The largest absolute Gasteiger partial charge is 0.479 e. The highest BCUT2D eigenvalue weighted by atomic mass is 16.5. The Morgan fingerprint density at radius 2 is 2.30 bits per heavy atom. The maximum atomic E-state index is 10.5. The summed E-state index contributed by atoms with van der Waals surface area (Å²) < 4.78 is 5.03. The highest BCUT2D eigenvalue weighted by Gasteiger charge is 1.93. The first-order chi connectivity index (χ1) is 4.70. The molecule has 3 nitrogen and oxygen atoms in total. The highest BCUT2D eigenvalue weighted by Crippen LogP contribution is 1.90. The Labute approximate surface area is 61.1 Å². The fourth-order valence-electron chi connectivity index (χ4n) is 0.526. The van der Waals surface area contributed by atoms with Crippen LogP contribution >= 0.6 is 0 Å². The molecule has 0 amide bonds. The molecule has 0 aromatic rings. The third kappa shape index (κ3) is 3.95. The van der Waals surface area contributed by atoms with Crippen LogP contribution in [0.15, 0.2) is 12.0 Å². The Bertz CT molecular complexity index is 141. The lowest BCUT2D eigenvalue weighted by Crippen LogP contribution is -2.10. The first kappa shape index (κ1) is 9.01. The molecule has 0 fully saturated rings. The van der Waals surface area contributed by atoms with Crippen molar-refractivity contribution in [2.45, 2.75) is 13.8 Å². The zero-order valence-electron chi connectivity index (χ0n) is 6.60. The Kier molecular flexibility index (Phi) is 4.37. The van der Waals surface area contributed by atoms with E-state index in [-0.39, 0.29) is 5.78 Å². The number of allylic oxidation sites excluding steroid dienone is 1. The smallest absolute Gasteiger partial charge is 0.189 e. The summed E-state index contributed by atoms with van der Waals surface area (Å²) in [7, 11) is 1.71. The number of carbonyl (C=O) groups is 1. The maximum absolute atomic E-state index is 10.5. The molecule has 0 unspecified atom stereocenters. The fourth-order valence-corrected chi connectivity index (χ4v) is 0.526. The zero-order chi connectivity index (χ0) is 7.98. The number of rotatable bonds is 4. The molecule has 0 atom stereocenters. The van der Waals surface area contributed by atoms with Crippen molar-refractivity contribution in [1.29, 1.82) is 0 Å². The highest BCUT2D eigenvalue weighted by molar-refractivity contribution is 5.87. The van der Waals surface area contributed by atoms with E-state index in [2.05, 4.69) is 5.32 Å². The number of carbonyl (C=O) groups excluding carboxylic acids is 1. The standard InChI is InChI=1S/C7H13NO2/c1-4-10-7(8-3)5-6(2)9/h5,8H,4H2,1-3H3/b7-5-. The van der Waals surface area contributed by atoms with Gasteiger partial charge in [-0.3, -0.25) is 4.79 Å². The molecule has 0 rings (SSSR count). The molecule has 0 bridgehead atoms. The SMILES string of the molecule is CCO/C(=C\C(C)=O)NC. The van der Waals surface area contributed by atoms with Gasteiger partial charge in [0.25, 0.3) is 0 Å². The molecule has 58 valence electrons. The lowest BCUT2D eigenvalue weighted by molar-refractivity contribution is -0.112. The molecule has 3 heteroatoms. The van der Waals surface area contributed by atoms with Gasteiger partial charge in [-0.25, -0.2) is 0 Å². The normalized spacial score (nSPS) is 10.9. The van der Waals surface area contributed by atoms with Gasteiger partial charge in [0.2, 0.25) is 0 Å². The summed E-state index contributed by atoms with van der Waals surface area (Å²) in [5.74, 6) is 0.507. The lowest BCUT2D eigenvalue weighted by atomic mass is 10.4.